The second-order valence-electron chi connectivity index (χ2n) is 1.57. The van der Waals surface area contributed by atoms with Gasteiger partial charge in [0.2, 0.25) is 0 Å². The predicted octanol–water partition coefficient (Wildman–Crippen LogP) is 1.43. The molecule has 0 amide bonds. The maximum absolute atomic E-state index is 8.23. The van der Waals surface area contributed by atoms with Crippen molar-refractivity contribution in [2.45, 2.75) is 12.8 Å². The van der Waals surface area contributed by atoms with Gasteiger partial charge in [-0.3, -0.25) is 0 Å². The van der Waals surface area contributed by atoms with Gasteiger partial charge < -0.3 is 0 Å². The van der Waals surface area contributed by atoms with E-state index in [9.17, 15) is 0 Å². The summed E-state index contributed by atoms with van der Waals surface area (Å²) in [5.41, 5.74) is 0.917. The molecule has 0 aromatic heterocycles. The highest BCUT2D eigenvalue weighted by Gasteiger charge is 2.00. The van der Waals surface area contributed by atoms with Gasteiger partial charge in [0.15, 0.2) is 0 Å². The number of nitrogens with zero attached hydrogens (tertiary/aromatic N) is 1. The second kappa shape index (κ2) is 1.79. The van der Waals surface area contributed by atoms with Crippen molar-refractivity contribution < 1.29 is 0 Å². The quantitative estimate of drug-likeness (QED) is 0.443. The summed E-state index contributed by atoms with van der Waals surface area (Å²) in [6.07, 6.45) is 5.93. The SMILES string of the molecule is N#CC1=CC[CH]C1. The number of nitriles is 1. The van der Waals surface area contributed by atoms with Gasteiger partial charge in [-0.2, -0.15) is 5.26 Å². The van der Waals surface area contributed by atoms with Gasteiger partial charge in [-0.25, -0.2) is 0 Å². The Morgan fingerprint density at radius 1 is 1.71 bits per heavy atom. The van der Waals surface area contributed by atoms with Gasteiger partial charge in [0.25, 0.3) is 0 Å². The molecule has 1 nitrogen and oxygen atoms in total. The molecule has 0 fully saturated rings. The summed E-state index contributed by atoms with van der Waals surface area (Å²) in [6, 6.07) is 2.09. The van der Waals surface area contributed by atoms with Crippen molar-refractivity contribution in [2.75, 3.05) is 0 Å². The Kier molecular flexibility index (Phi) is 1.12. The molecule has 7 heavy (non-hydrogen) atoms. The summed E-state index contributed by atoms with van der Waals surface area (Å²) in [7, 11) is 0. The minimum atomic E-state index is 0.885. The van der Waals surface area contributed by atoms with Crippen molar-refractivity contribution in [3.63, 3.8) is 0 Å². The van der Waals surface area contributed by atoms with E-state index in [4.69, 9.17) is 5.26 Å². The van der Waals surface area contributed by atoms with Gasteiger partial charge in [0.05, 0.1) is 6.07 Å². The van der Waals surface area contributed by atoms with Crippen molar-refractivity contribution in [1.82, 2.24) is 0 Å². The first kappa shape index (κ1) is 4.39. The Morgan fingerprint density at radius 3 is 2.86 bits per heavy atom. The van der Waals surface area contributed by atoms with Crippen LogP contribution in [0, 0.1) is 17.8 Å². The first-order valence-electron chi connectivity index (χ1n) is 2.34. The maximum atomic E-state index is 8.23. The molecule has 0 saturated carbocycles. The first-order chi connectivity index (χ1) is 3.43. The molecule has 35 valence electrons. The van der Waals surface area contributed by atoms with Crippen LogP contribution in [0.5, 0.6) is 0 Å². The summed E-state index contributed by atoms with van der Waals surface area (Å²) in [5, 5.41) is 8.23. The third kappa shape index (κ3) is 0.806. The van der Waals surface area contributed by atoms with E-state index >= 15 is 0 Å². The van der Waals surface area contributed by atoms with Crippen LogP contribution in [0.2, 0.25) is 0 Å². The van der Waals surface area contributed by atoms with Crippen LogP contribution in [0.3, 0.4) is 0 Å². The Bertz CT molecular complexity index is 128. The lowest BCUT2D eigenvalue weighted by atomic mass is 10.3. The van der Waals surface area contributed by atoms with Crippen molar-refractivity contribution in [1.29, 1.82) is 5.26 Å². The number of rotatable bonds is 0. The molecule has 0 N–H and O–H groups in total. The summed E-state index contributed by atoms with van der Waals surface area (Å²) in [5.74, 6) is 0. The van der Waals surface area contributed by atoms with E-state index < -0.39 is 0 Å². The fourth-order valence-corrected chi connectivity index (χ4v) is 0.639. The van der Waals surface area contributed by atoms with E-state index in [1.807, 2.05) is 6.08 Å². The van der Waals surface area contributed by atoms with Gasteiger partial charge in [0, 0.05) is 5.57 Å². The monoisotopic (exact) mass is 92.1 g/mol. The Morgan fingerprint density at radius 2 is 2.57 bits per heavy atom. The van der Waals surface area contributed by atoms with Crippen LogP contribution >= 0.6 is 0 Å². The molecule has 0 saturated heterocycles. The highest BCUT2D eigenvalue weighted by molar-refractivity contribution is 5.27. The van der Waals surface area contributed by atoms with Gasteiger partial charge in [-0.05, 0) is 19.3 Å². The lowest BCUT2D eigenvalue weighted by molar-refractivity contribution is 1.17. The zero-order valence-electron chi connectivity index (χ0n) is 4.02. The van der Waals surface area contributed by atoms with Gasteiger partial charge in [0.1, 0.15) is 0 Å². The molecule has 1 aliphatic carbocycles. The minimum Gasteiger partial charge on any atom is -0.193 e. The molecule has 0 unspecified atom stereocenters. The van der Waals surface area contributed by atoms with E-state index in [1.165, 1.54) is 0 Å². The van der Waals surface area contributed by atoms with Gasteiger partial charge >= 0.3 is 0 Å². The molecule has 1 heteroatoms. The summed E-state index contributed by atoms with van der Waals surface area (Å²) in [6.45, 7) is 0. The van der Waals surface area contributed by atoms with E-state index in [1.54, 1.807) is 0 Å². The van der Waals surface area contributed by atoms with E-state index in [0.717, 1.165) is 18.4 Å². The molecule has 0 aromatic carbocycles. The van der Waals surface area contributed by atoms with E-state index in [-0.39, 0.29) is 0 Å². The van der Waals surface area contributed by atoms with Crippen LogP contribution in [0.4, 0.5) is 0 Å². The van der Waals surface area contributed by atoms with Crippen LogP contribution in [0.1, 0.15) is 12.8 Å². The zero-order valence-corrected chi connectivity index (χ0v) is 4.02. The third-order valence-corrected chi connectivity index (χ3v) is 1.04. The molecule has 0 bridgehead atoms. The molecule has 0 aromatic rings. The Labute approximate surface area is 43.3 Å². The largest absolute Gasteiger partial charge is 0.193 e. The third-order valence-electron chi connectivity index (χ3n) is 1.04. The first-order valence-corrected chi connectivity index (χ1v) is 2.34. The molecule has 0 aliphatic heterocycles. The highest BCUT2D eigenvalue weighted by Crippen LogP contribution is 2.14. The Hall–Kier alpha value is -0.770. The number of hydrogen-bond donors (Lipinski definition) is 0. The lowest BCUT2D eigenvalue weighted by Gasteiger charge is -1.76. The number of allylic oxidation sites excluding steroid dienone is 2. The summed E-state index contributed by atoms with van der Waals surface area (Å²) in [4.78, 5) is 0. The second-order valence-corrected chi connectivity index (χ2v) is 1.57. The summed E-state index contributed by atoms with van der Waals surface area (Å²) < 4.78 is 0. The van der Waals surface area contributed by atoms with Crippen LogP contribution in [0.25, 0.3) is 0 Å². The molecular formula is C6H6N. The lowest BCUT2D eigenvalue weighted by Crippen LogP contribution is -1.65. The van der Waals surface area contributed by atoms with Crippen molar-refractivity contribution in [3.8, 4) is 6.07 Å². The van der Waals surface area contributed by atoms with Crippen LogP contribution < -0.4 is 0 Å². The maximum Gasteiger partial charge on any atom is 0.0943 e. The molecular weight excluding hydrogens is 86.1 g/mol. The molecule has 1 aliphatic rings. The van der Waals surface area contributed by atoms with Crippen molar-refractivity contribution >= 4 is 0 Å². The molecule has 1 rings (SSSR count). The van der Waals surface area contributed by atoms with Gasteiger partial charge in [-0.15, -0.1) is 0 Å². The van der Waals surface area contributed by atoms with Crippen LogP contribution in [-0.2, 0) is 0 Å². The van der Waals surface area contributed by atoms with E-state index in [2.05, 4.69) is 12.5 Å². The molecule has 0 spiro atoms. The zero-order chi connectivity index (χ0) is 5.11. The molecule has 1 radical (unpaired) electrons. The van der Waals surface area contributed by atoms with Crippen LogP contribution in [0.15, 0.2) is 11.6 Å². The van der Waals surface area contributed by atoms with E-state index in [0.29, 0.717) is 0 Å². The fourth-order valence-electron chi connectivity index (χ4n) is 0.639. The smallest absolute Gasteiger partial charge is 0.0943 e. The van der Waals surface area contributed by atoms with Crippen molar-refractivity contribution in [3.05, 3.63) is 18.1 Å². The minimum absolute atomic E-state index is 0.885. The normalized spacial score (nSPS) is 18.4. The molecule has 0 atom stereocenters. The fraction of sp³-hybridized carbons (Fsp3) is 0.333. The average Bonchev–Trinajstić information content (AvgIpc) is 2.14. The Balaban J connectivity index is 2.57. The number of hydrogen-bond acceptors (Lipinski definition) is 1. The van der Waals surface area contributed by atoms with Gasteiger partial charge in [-0.1, -0.05) is 6.08 Å². The van der Waals surface area contributed by atoms with Crippen LogP contribution in [-0.4, -0.2) is 0 Å². The standard InChI is InChI=1S/C6H6N/c7-5-6-3-1-2-4-6/h1,4H,2-3H2. The molecule has 0 heterocycles. The van der Waals surface area contributed by atoms with Crippen molar-refractivity contribution in [2.24, 2.45) is 0 Å². The highest BCUT2D eigenvalue weighted by atomic mass is 14.2. The summed E-state index contributed by atoms with van der Waals surface area (Å²) >= 11 is 0. The average molecular weight is 92.1 g/mol. The topological polar surface area (TPSA) is 23.8 Å². The predicted molar refractivity (Wildman–Crippen MR) is 27.2 cm³/mol.